The van der Waals surface area contributed by atoms with Crippen molar-refractivity contribution in [3.63, 3.8) is 0 Å². The van der Waals surface area contributed by atoms with E-state index in [9.17, 15) is 0 Å². The number of benzene rings is 1. The van der Waals surface area contributed by atoms with Crippen LogP contribution in [-0.4, -0.2) is 0 Å². The summed E-state index contributed by atoms with van der Waals surface area (Å²) < 4.78 is 0. The first-order chi connectivity index (χ1) is 7.03. The van der Waals surface area contributed by atoms with Gasteiger partial charge in [-0.15, -0.1) is 0 Å². The molecule has 0 saturated carbocycles. The molecule has 0 aliphatic carbocycles. The van der Waals surface area contributed by atoms with Gasteiger partial charge in [-0.3, -0.25) is 0 Å². The molecule has 1 aromatic carbocycles. The summed E-state index contributed by atoms with van der Waals surface area (Å²) in [6.45, 7) is 15.5. The molecule has 0 heterocycles. The van der Waals surface area contributed by atoms with E-state index in [2.05, 4.69) is 60.6 Å². The fraction of sp³-hybridized carbons (Fsp3) is 0.600. The van der Waals surface area contributed by atoms with Crippen molar-refractivity contribution in [1.29, 1.82) is 0 Å². The first-order valence-electron chi connectivity index (χ1n) is 5.86. The molecule has 0 nitrogen and oxygen atoms in total. The second-order valence-corrected chi connectivity index (χ2v) is 7.10. The molecule has 0 saturated heterocycles. The molecule has 1 rings (SSSR count). The number of hydrogen-bond acceptors (Lipinski definition) is 1. The lowest BCUT2D eigenvalue weighted by Gasteiger charge is -2.34. The largest absolute Gasteiger partial charge is 0.779 e. The van der Waals surface area contributed by atoms with E-state index in [1.807, 2.05) is 0 Å². The van der Waals surface area contributed by atoms with Crippen LogP contribution in [0.15, 0.2) is 17.0 Å². The van der Waals surface area contributed by atoms with Crippen molar-refractivity contribution in [3.8, 4) is 0 Å². The standard InChI is InChI=1S/C15H24S/c1-10-8-11(14(2,3)4)13(16)12(9-10)15(5,6)7/h8-9,16H,1-7H3/p-1. The zero-order chi connectivity index (χ0) is 12.7. The van der Waals surface area contributed by atoms with Crippen molar-refractivity contribution in [2.24, 2.45) is 0 Å². The zero-order valence-electron chi connectivity index (χ0n) is 11.6. The minimum Gasteiger partial charge on any atom is -0.779 e. The van der Waals surface area contributed by atoms with Crippen molar-refractivity contribution in [2.45, 2.75) is 64.2 Å². The summed E-state index contributed by atoms with van der Waals surface area (Å²) in [6.07, 6.45) is 0. The average molecular weight is 235 g/mol. The van der Waals surface area contributed by atoms with Gasteiger partial charge in [-0.2, -0.15) is 4.90 Å². The molecule has 16 heavy (non-hydrogen) atoms. The molecule has 0 fully saturated rings. The maximum Gasteiger partial charge on any atom is -0.0146 e. The highest BCUT2D eigenvalue weighted by atomic mass is 32.1. The van der Waals surface area contributed by atoms with Crippen molar-refractivity contribution >= 4 is 12.6 Å². The highest BCUT2D eigenvalue weighted by molar-refractivity contribution is 7.59. The van der Waals surface area contributed by atoms with Crippen LogP contribution >= 0.6 is 0 Å². The molecule has 0 aliphatic rings. The summed E-state index contributed by atoms with van der Waals surface area (Å²) in [4.78, 5) is 1.05. The quantitative estimate of drug-likeness (QED) is 0.597. The number of rotatable bonds is 0. The monoisotopic (exact) mass is 235 g/mol. The summed E-state index contributed by atoms with van der Waals surface area (Å²) in [5, 5.41) is 0. The molecule has 0 N–H and O–H groups in total. The van der Waals surface area contributed by atoms with E-state index in [1.54, 1.807) is 0 Å². The lowest BCUT2D eigenvalue weighted by Crippen LogP contribution is -2.19. The van der Waals surface area contributed by atoms with Gasteiger partial charge in [0, 0.05) is 0 Å². The van der Waals surface area contributed by atoms with E-state index in [0.29, 0.717) is 0 Å². The first kappa shape index (κ1) is 13.5. The van der Waals surface area contributed by atoms with E-state index in [-0.39, 0.29) is 10.8 Å². The molecule has 90 valence electrons. The van der Waals surface area contributed by atoms with Gasteiger partial charge in [-0.25, -0.2) is 0 Å². The maximum atomic E-state index is 5.65. The SMILES string of the molecule is Cc1cc(C(C)(C)C)c([S-])c(C(C)(C)C)c1. The second kappa shape index (κ2) is 4.03. The van der Waals surface area contributed by atoms with E-state index in [0.717, 1.165) is 4.90 Å². The third-order valence-electron chi connectivity index (χ3n) is 2.85. The van der Waals surface area contributed by atoms with Crippen molar-refractivity contribution < 1.29 is 0 Å². The van der Waals surface area contributed by atoms with E-state index in [1.165, 1.54) is 16.7 Å². The Morgan fingerprint density at radius 3 is 1.38 bits per heavy atom. The van der Waals surface area contributed by atoms with Crippen LogP contribution in [0.3, 0.4) is 0 Å². The van der Waals surface area contributed by atoms with Gasteiger partial charge < -0.3 is 12.6 Å². The van der Waals surface area contributed by atoms with Gasteiger partial charge in [-0.05, 0) is 17.8 Å². The van der Waals surface area contributed by atoms with Gasteiger partial charge in [0.15, 0.2) is 0 Å². The summed E-state index contributed by atoms with van der Waals surface area (Å²) >= 11 is 5.65. The zero-order valence-corrected chi connectivity index (χ0v) is 12.4. The third-order valence-corrected chi connectivity index (χ3v) is 3.29. The highest BCUT2D eigenvalue weighted by Crippen LogP contribution is 2.34. The van der Waals surface area contributed by atoms with Crippen LogP contribution in [0.25, 0.3) is 0 Å². The highest BCUT2D eigenvalue weighted by Gasteiger charge is 2.20. The lowest BCUT2D eigenvalue weighted by molar-refractivity contribution is 0.546. The lowest BCUT2D eigenvalue weighted by atomic mass is 9.79. The van der Waals surface area contributed by atoms with Gasteiger partial charge in [0.1, 0.15) is 0 Å². The van der Waals surface area contributed by atoms with Crippen molar-refractivity contribution in [2.75, 3.05) is 0 Å². The number of aryl methyl sites for hydroxylation is 1. The molecule has 0 unspecified atom stereocenters. The van der Waals surface area contributed by atoms with Crippen LogP contribution in [0.1, 0.15) is 58.2 Å². The molecule has 1 heteroatoms. The minimum atomic E-state index is 0.128. The van der Waals surface area contributed by atoms with Crippen LogP contribution in [0.4, 0.5) is 0 Å². The van der Waals surface area contributed by atoms with Crippen LogP contribution in [0, 0.1) is 6.92 Å². The molecule has 0 radical (unpaired) electrons. The molecule has 0 aromatic heterocycles. The van der Waals surface area contributed by atoms with Gasteiger partial charge in [0.05, 0.1) is 0 Å². The Balaban J connectivity index is 3.51. The Hall–Kier alpha value is -0.560. The Kier molecular flexibility index (Phi) is 3.40. The Morgan fingerprint density at radius 2 is 1.12 bits per heavy atom. The molecular formula is C15H23S-. The molecule has 1 aromatic rings. The van der Waals surface area contributed by atoms with Crippen LogP contribution < -0.4 is 0 Å². The van der Waals surface area contributed by atoms with Gasteiger partial charge in [0.25, 0.3) is 0 Å². The summed E-state index contributed by atoms with van der Waals surface area (Å²) in [6, 6.07) is 4.47. The van der Waals surface area contributed by atoms with Gasteiger partial charge >= 0.3 is 0 Å². The summed E-state index contributed by atoms with van der Waals surface area (Å²) in [7, 11) is 0. The topological polar surface area (TPSA) is 0 Å². The molecule has 0 amide bonds. The molecular weight excluding hydrogens is 212 g/mol. The van der Waals surface area contributed by atoms with Crippen LogP contribution in [0.2, 0.25) is 0 Å². The Morgan fingerprint density at radius 1 is 0.812 bits per heavy atom. The maximum absolute atomic E-state index is 5.65. The molecule has 0 atom stereocenters. The summed E-state index contributed by atoms with van der Waals surface area (Å²) in [5.41, 5.74) is 4.16. The van der Waals surface area contributed by atoms with E-state index >= 15 is 0 Å². The molecule has 0 spiro atoms. The molecule has 0 aliphatic heterocycles. The predicted molar refractivity (Wildman–Crippen MR) is 74.2 cm³/mol. The smallest absolute Gasteiger partial charge is 0.0146 e. The van der Waals surface area contributed by atoms with Gasteiger partial charge in [0.2, 0.25) is 0 Å². The van der Waals surface area contributed by atoms with E-state index < -0.39 is 0 Å². The number of hydrogen-bond donors (Lipinski definition) is 0. The van der Waals surface area contributed by atoms with Crippen LogP contribution in [-0.2, 0) is 23.5 Å². The fourth-order valence-electron chi connectivity index (χ4n) is 1.89. The Bertz CT molecular complexity index is 354. The first-order valence-corrected chi connectivity index (χ1v) is 6.27. The third kappa shape index (κ3) is 2.76. The average Bonchev–Trinajstić information content (AvgIpc) is 2.04. The van der Waals surface area contributed by atoms with Gasteiger partial charge in [-0.1, -0.05) is 70.4 Å². The fourth-order valence-corrected chi connectivity index (χ4v) is 2.62. The van der Waals surface area contributed by atoms with E-state index in [4.69, 9.17) is 12.6 Å². The normalized spacial score (nSPS) is 12.9. The summed E-state index contributed by atoms with van der Waals surface area (Å²) in [5.74, 6) is 0. The predicted octanol–water partition coefficient (Wildman–Crippen LogP) is 4.50. The van der Waals surface area contributed by atoms with Crippen LogP contribution in [0.5, 0.6) is 0 Å². The Labute approximate surface area is 106 Å². The van der Waals surface area contributed by atoms with Crippen molar-refractivity contribution in [3.05, 3.63) is 28.8 Å². The second-order valence-electron chi connectivity index (χ2n) is 6.69. The van der Waals surface area contributed by atoms with Crippen molar-refractivity contribution in [1.82, 2.24) is 0 Å². The minimum absolute atomic E-state index is 0.128. The molecule has 0 bridgehead atoms.